The lowest BCUT2D eigenvalue weighted by Gasteiger charge is -2.05. The molecule has 22 heavy (non-hydrogen) atoms. The molecule has 5 heteroatoms. The minimum absolute atomic E-state index is 0.159. The van der Waals surface area contributed by atoms with E-state index < -0.39 is 5.63 Å². The van der Waals surface area contributed by atoms with Crippen LogP contribution in [0.1, 0.15) is 0 Å². The Labute approximate surface area is 123 Å². The molecule has 0 aliphatic rings. The molecule has 0 N–H and O–H groups in total. The summed E-state index contributed by atoms with van der Waals surface area (Å²) in [5, 5.41) is 1.02. The molecule has 0 atom stereocenters. The number of rotatable bonds is 1. The van der Waals surface area contributed by atoms with Gasteiger partial charge in [-0.15, -0.1) is 0 Å². The topological polar surface area (TPSA) is 73.3 Å². The number of pyridine rings is 1. The van der Waals surface area contributed by atoms with Crippen molar-refractivity contribution in [3.05, 3.63) is 75.5 Å². The van der Waals surface area contributed by atoms with Crippen molar-refractivity contribution in [1.82, 2.24) is 4.98 Å². The summed E-state index contributed by atoms with van der Waals surface area (Å²) in [4.78, 5) is 27.6. The van der Waals surface area contributed by atoms with Crippen LogP contribution >= 0.6 is 0 Å². The largest absolute Gasteiger partial charge is 0.455 e. The number of aromatic nitrogens is 1. The van der Waals surface area contributed by atoms with Gasteiger partial charge in [0.1, 0.15) is 16.9 Å². The fourth-order valence-corrected chi connectivity index (χ4v) is 2.41. The third-order valence-corrected chi connectivity index (χ3v) is 3.44. The van der Waals surface area contributed by atoms with Crippen molar-refractivity contribution in [3.63, 3.8) is 0 Å². The number of fused-ring (bicyclic) bond motifs is 3. The van der Waals surface area contributed by atoms with Crippen molar-refractivity contribution in [1.29, 1.82) is 0 Å². The van der Waals surface area contributed by atoms with Gasteiger partial charge in [0.15, 0.2) is 5.43 Å². The van der Waals surface area contributed by atoms with Crippen LogP contribution in [0.25, 0.3) is 33.3 Å². The summed E-state index contributed by atoms with van der Waals surface area (Å²) in [5.41, 5.74) is 0.876. The van der Waals surface area contributed by atoms with E-state index in [0.29, 0.717) is 33.3 Å². The molecule has 0 fully saturated rings. The molecular weight excluding hydrogens is 282 g/mol. The van der Waals surface area contributed by atoms with Gasteiger partial charge in [0, 0.05) is 30.1 Å². The zero-order valence-corrected chi connectivity index (χ0v) is 11.3. The third-order valence-electron chi connectivity index (χ3n) is 3.44. The Morgan fingerprint density at radius 2 is 1.77 bits per heavy atom. The molecule has 3 aromatic heterocycles. The lowest BCUT2D eigenvalue weighted by atomic mass is 10.1. The Morgan fingerprint density at radius 1 is 0.909 bits per heavy atom. The van der Waals surface area contributed by atoms with E-state index >= 15 is 0 Å². The van der Waals surface area contributed by atoms with E-state index in [9.17, 15) is 9.59 Å². The maximum atomic E-state index is 12.3. The second-order valence-electron chi connectivity index (χ2n) is 4.83. The minimum atomic E-state index is -0.447. The van der Waals surface area contributed by atoms with E-state index in [1.165, 1.54) is 12.1 Å². The van der Waals surface area contributed by atoms with Crippen molar-refractivity contribution in [2.45, 2.75) is 0 Å². The Bertz CT molecular complexity index is 1110. The molecular formula is C17H9NO4. The van der Waals surface area contributed by atoms with Crippen LogP contribution in [-0.4, -0.2) is 4.98 Å². The van der Waals surface area contributed by atoms with Gasteiger partial charge in [-0.25, -0.2) is 4.79 Å². The monoisotopic (exact) mass is 291 g/mol. The van der Waals surface area contributed by atoms with E-state index in [2.05, 4.69) is 4.98 Å². The van der Waals surface area contributed by atoms with Gasteiger partial charge in [-0.1, -0.05) is 0 Å². The molecule has 0 saturated carbocycles. The molecule has 0 bridgehead atoms. The van der Waals surface area contributed by atoms with Gasteiger partial charge < -0.3 is 8.83 Å². The minimum Gasteiger partial charge on any atom is -0.455 e. The van der Waals surface area contributed by atoms with Crippen molar-refractivity contribution in [2.24, 2.45) is 0 Å². The van der Waals surface area contributed by atoms with Crippen molar-refractivity contribution >= 4 is 21.9 Å². The predicted molar refractivity (Wildman–Crippen MR) is 81.8 cm³/mol. The zero-order valence-electron chi connectivity index (χ0n) is 11.3. The van der Waals surface area contributed by atoms with Crippen LogP contribution in [0.15, 0.2) is 73.3 Å². The Hall–Kier alpha value is -3.21. The third kappa shape index (κ3) is 1.91. The average molecular weight is 291 g/mol. The number of hydrogen-bond acceptors (Lipinski definition) is 5. The standard InChI is InChI=1S/C17H9NO4/c19-13-8-15(10-2-1-7-18-9-10)22-17-11(13)3-5-14-12(17)4-6-16(20)21-14/h1-9H. The first kappa shape index (κ1) is 12.5. The smallest absolute Gasteiger partial charge is 0.336 e. The molecule has 0 spiro atoms. The highest BCUT2D eigenvalue weighted by Crippen LogP contribution is 2.26. The first-order valence-electron chi connectivity index (χ1n) is 6.63. The molecule has 0 unspecified atom stereocenters. The molecule has 1 aromatic carbocycles. The molecule has 0 aliphatic carbocycles. The molecule has 0 radical (unpaired) electrons. The SMILES string of the molecule is O=c1ccc2c(ccc3c(=O)cc(-c4cccnc4)oc32)o1. The quantitative estimate of drug-likeness (QED) is 0.398. The van der Waals surface area contributed by atoms with Crippen molar-refractivity contribution < 1.29 is 8.83 Å². The molecule has 4 rings (SSSR count). The van der Waals surface area contributed by atoms with Crippen LogP contribution in [0.5, 0.6) is 0 Å². The Balaban J connectivity index is 2.13. The summed E-state index contributed by atoms with van der Waals surface area (Å²) in [6.07, 6.45) is 3.27. The Morgan fingerprint density at radius 3 is 2.59 bits per heavy atom. The van der Waals surface area contributed by atoms with E-state index in [-0.39, 0.29) is 5.43 Å². The first-order chi connectivity index (χ1) is 10.7. The lowest BCUT2D eigenvalue weighted by Crippen LogP contribution is -2.02. The van der Waals surface area contributed by atoms with Gasteiger partial charge in [0.2, 0.25) is 0 Å². The molecule has 5 nitrogen and oxygen atoms in total. The number of hydrogen-bond donors (Lipinski definition) is 0. The van der Waals surface area contributed by atoms with Gasteiger partial charge in [-0.3, -0.25) is 9.78 Å². The summed E-state index contributed by atoms with van der Waals surface area (Å²) in [6, 6.07) is 11.1. The molecule has 0 saturated heterocycles. The summed E-state index contributed by atoms with van der Waals surface area (Å²) in [6.45, 7) is 0. The first-order valence-corrected chi connectivity index (χ1v) is 6.63. The summed E-state index contributed by atoms with van der Waals surface area (Å²) in [7, 11) is 0. The van der Waals surface area contributed by atoms with Gasteiger partial charge in [-0.05, 0) is 30.3 Å². The fraction of sp³-hybridized carbons (Fsp3) is 0. The predicted octanol–water partition coefficient (Wildman–Crippen LogP) is 2.96. The van der Waals surface area contributed by atoms with E-state index in [1.807, 2.05) is 6.07 Å². The van der Waals surface area contributed by atoms with E-state index in [4.69, 9.17) is 8.83 Å². The van der Waals surface area contributed by atoms with E-state index in [1.54, 1.807) is 36.7 Å². The highest BCUT2D eigenvalue weighted by atomic mass is 16.4. The summed E-state index contributed by atoms with van der Waals surface area (Å²) < 4.78 is 11.0. The maximum absolute atomic E-state index is 12.3. The number of nitrogens with zero attached hydrogens (tertiary/aromatic N) is 1. The second kappa shape index (κ2) is 4.66. The highest BCUT2D eigenvalue weighted by Gasteiger charge is 2.11. The Kier molecular flexibility index (Phi) is 2.66. The molecule has 4 aromatic rings. The lowest BCUT2D eigenvalue weighted by molar-refractivity contribution is 0.559. The molecule has 3 heterocycles. The van der Waals surface area contributed by atoms with Gasteiger partial charge in [-0.2, -0.15) is 0 Å². The number of benzene rings is 1. The summed E-state index contributed by atoms with van der Waals surface area (Å²) in [5.74, 6) is 0.421. The van der Waals surface area contributed by atoms with Crippen LogP contribution in [0.4, 0.5) is 0 Å². The van der Waals surface area contributed by atoms with Crippen LogP contribution < -0.4 is 11.1 Å². The van der Waals surface area contributed by atoms with Crippen molar-refractivity contribution in [3.8, 4) is 11.3 Å². The maximum Gasteiger partial charge on any atom is 0.336 e. The second-order valence-corrected chi connectivity index (χ2v) is 4.83. The van der Waals surface area contributed by atoms with Crippen LogP contribution in [0, 0.1) is 0 Å². The van der Waals surface area contributed by atoms with Gasteiger partial charge in [0.05, 0.1) is 10.8 Å². The van der Waals surface area contributed by atoms with Crippen LogP contribution in [0.2, 0.25) is 0 Å². The molecule has 0 amide bonds. The van der Waals surface area contributed by atoms with E-state index in [0.717, 1.165) is 0 Å². The highest BCUT2D eigenvalue weighted by molar-refractivity contribution is 6.01. The van der Waals surface area contributed by atoms with Gasteiger partial charge >= 0.3 is 5.63 Å². The fourth-order valence-electron chi connectivity index (χ4n) is 2.41. The zero-order chi connectivity index (χ0) is 15.1. The summed E-state index contributed by atoms with van der Waals surface area (Å²) >= 11 is 0. The average Bonchev–Trinajstić information content (AvgIpc) is 2.55. The van der Waals surface area contributed by atoms with Crippen LogP contribution in [0.3, 0.4) is 0 Å². The van der Waals surface area contributed by atoms with Gasteiger partial charge in [0.25, 0.3) is 0 Å². The van der Waals surface area contributed by atoms with Crippen LogP contribution in [-0.2, 0) is 0 Å². The molecule has 0 aliphatic heterocycles. The van der Waals surface area contributed by atoms with Crippen molar-refractivity contribution in [2.75, 3.05) is 0 Å². The normalized spacial score (nSPS) is 11.1. The molecule has 106 valence electrons.